The number of benzene rings is 1. The molecule has 1 N–H and O–H groups in total. The van der Waals surface area contributed by atoms with Gasteiger partial charge < -0.3 is 10.2 Å². The number of aryl methyl sites for hydroxylation is 1. The molecule has 3 heteroatoms. The van der Waals surface area contributed by atoms with Gasteiger partial charge in [-0.2, -0.15) is 0 Å². The lowest BCUT2D eigenvalue weighted by atomic mass is 10.1. The minimum absolute atomic E-state index is 0.884. The monoisotopic (exact) mass is 269 g/mol. The standard InChI is InChI=1S/C17H23N3/c1-4-14-6-8-16(9-7-14)20(3)17-12-15(10-11-19-17)13-18-5-2/h6-12,18H,4-5,13H2,1-3H3. The van der Waals surface area contributed by atoms with Crippen LogP contribution in [0.1, 0.15) is 25.0 Å². The number of rotatable bonds is 6. The first-order valence-electron chi connectivity index (χ1n) is 7.23. The number of aromatic nitrogens is 1. The molecular formula is C17H23N3. The molecule has 0 saturated carbocycles. The molecule has 0 aliphatic rings. The Kier molecular flexibility index (Phi) is 5.13. The molecule has 3 nitrogen and oxygen atoms in total. The van der Waals surface area contributed by atoms with Crippen LogP contribution in [0.4, 0.5) is 11.5 Å². The van der Waals surface area contributed by atoms with Gasteiger partial charge in [-0.25, -0.2) is 4.98 Å². The molecule has 1 aromatic carbocycles. The first-order chi connectivity index (χ1) is 9.74. The van der Waals surface area contributed by atoms with Gasteiger partial charge in [-0.05, 0) is 48.4 Å². The van der Waals surface area contributed by atoms with Gasteiger partial charge in [-0.1, -0.05) is 26.0 Å². The molecule has 106 valence electrons. The van der Waals surface area contributed by atoms with Crippen LogP contribution in [0.5, 0.6) is 0 Å². The first-order valence-corrected chi connectivity index (χ1v) is 7.23. The maximum atomic E-state index is 4.46. The van der Waals surface area contributed by atoms with Gasteiger partial charge in [0.25, 0.3) is 0 Å². The zero-order valence-electron chi connectivity index (χ0n) is 12.6. The topological polar surface area (TPSA) is 28.2 Å². The summed E-state index contributed by atoms with van der Waals surface area (Å²) in [7, 11) is 2.06. The number of nitrogens with zero attached hydrogens (tertiary/aromatic N) is 2. The van der Waals surface area contributed by atoms with E-state index in [1.54, 1.807) is 0 Å². The van der Waals surface area contributed by atoms with E-state index in [0.717, 1.165) is 31.0 Å². The minimum atomic E-state index is 0.884. The highest BCUT2D eigenvalue weighted by molar-refractivity contribution is 5.59. The third-order valence-electron chi connectivity index (χ3n) is 3.46. The Morgan fingerprint density at radius 3 is 2.45 bits per heavy atom. The van der Waals surface area contributed by atoms with Crippen molar-refractivity contribution in [1.82, 2.24) is 10.3 Å². The van der Waals surface area contributed by atoms with Crippen LogP contribution in [0.25, 0.3) is 0 Å². The summed E-state index contributed by atoms with van der Waals surface area (Å²) in [6, 6.07) is 12.8. The molecular weight excluding hydrogens is 246 g/mol. The predicted octanol–water partition coefficient (Wildman–Crippen LogP) is 3.52. The summed E-state index contributed by atoms with van der Waals surface area (Å²) in [6.45, 7) is 6.15. The molecule has 1 heterocycles. The van der Waals surface area contributed by atoms with E-state index in [1.165, 1.54) is 11.1 Å². The molecule has 0 aliphatic carbocycles. The Labute approximate surface area is 121 Å². The number of nitrogens with one attached hydrogen (secondary N) is 1. The molecule has 0 amide bonds. The molecule has 0 atom stereocenters. The predicted molar refractivity (Wildman–Crippen MR) is 85.5 cm³/mol. The van der Waals surface area contributed by atoms with Gasteiger partial charge in [0.1, 0.15) is 5.82 Å². The van der Waals surface area contributed by atoms with E-state index in [1.807, 2.05) is 6.20 Å². The van der Waals surface area contributed by atoms with Crippen LogP contribution in [0.3, 0.4) is 0 Å². The van der Waals surface area contributed by atoms with Crippen molar-refractivity contribution in [2.75, 3.05) is 18.5 Å². The second kappa shape index (κ2) is 7.06. The van der Waals surface area contributed by atoms with Crippen LogP contribution < -0.4 is 10.2 Å². The lowest BCUT2D eigenvalue weighted by molar-refractivity contribution is 0.726. The van der Waals surface area contributed by atoms with Crippen molar-refractivity contribution >= 4 is 11.5 Å². The fourth-order valence-corrected chi connectivity index (χ4v) is 2.11. The highest BCUT2D eigenvalue weighted by Gasteiger charge is 2.06. The summed E-state index contributed by atoms with van der Waals surface area (Å²) in [6.07, 6.45) is 2.94. The SMILES string of the molecule is CCNCc1ccnc(N(C)c2ccc(CC)cc2)c1. The molecule has 0 bridgehead atoms. The summed E-state index contributed by atoms with van der Waals surface area (Å²) in [5.41, 5.74) is 3.78. The number of pyridine rings is 1. The average Bonchev–Trinajstić information content (AvgIpc) is 2.52. The third-order valence-corrected chi connectivity index (χ3v) is 3.46. The van der Waals surface area contributed by atoms with E-state index in [-0.39, 0.29) is 0 Å². The molecule has 0 aliphatic heterocycles. The molecule has 0 fully saturated rings. The molecule has 2 aromatic rings. The Morgan fingerprint density at radius 1 is 1.05 bits per heavy atom. The Bertz CT molecular complexity index is 534. The smallest absolute Gasteiger partial charge is 0.132 e. The lowest BCUT2D eigenvalue weighted by Crippen LogP contribution is -2.14. The average molecular weight is 269 g/mol. The second-order valence-electron chi connectivity index (χ2n) is 4.88. The minimum Gasteiger partial charge on any atom is -0.329 e. The van der Waals surface area contributed by atoms with Crippen molar-refractivity contribution in [3.8, 4) is 0 Å². The molecule has 0 radical (unpaired) electrons. The van der Waals surface area contributed by atoms with Crippen molar-refractivity contribution in [3.63, 3.8) is 0 Å². The van der Waals surface area contributed by atoms with Gasteiger partial charge >= 0.3 is 0 Å². The highest BCUT2D eigenvalue weighted by Crippen LogP contribution is 2.22. The fraction of sp³-hybridized carbons (Fsp3) is 0.353. The van der Waals surface area contributed by atoms with E-state index in [0.29, 0.717) is 0 Å². The van der Waals surface area contributed by atoms with Crippen LogP contribution in [0.2, 0.25) is 0 Å². The summed E-state index contributed by atoms with van der Waals surface area (Å²) in [5, 5.41) is 3.34. The molecule has 0 unspecified atom stereocenters. The van der Waals surface area contributed by atoms with Gasteiger partial charge in [0.15, 0.2) is 0 Å². The zero-order valence-corrected chi connectivity index (χ0v) is 12.6. The van der Waals surface area contributed by atoms with E-state index in [4.69, 9.17) is 0 Å². The first kappa shape index (κ1) is 14.5. The Balaban J connectivity index is 2.16. The van der Waals surface area contributed by atoms with Crippen molar-refractivity contribution in [1.29, 1.82) is 0 Å². The van der Waals surface area contributed by atoms with E-state index in [9.17, 15) is 0 Å². The molecule has 2 rings (SSSR count). The summed E-state index contributed by atoms with van der Waals surface area (Å²) in [5.74, 6) is 0.977. The van der Waals surface area contributed by atoms with Crippen LogP contribution >= 0.6 is 0 Å². The van der Waals surface area contributed by atoms with E-state index >= 15 is 0 Å². The maximum absolute atomic E-state index is 4.46. The van der Waals surface area contributed by atoms with Gasteiger partial charge in [-0.3, -0.25) is 0 Å². The van der Waals surface area contributed by atoms with Gasteiger partial charge in [0.2, 0.25) is 0 Å². The van der Waals surface area contributed by atoms with E-state index in [2.05, 4.69) is 72.5 Å². The van der Waals surface area contributed by atoms with Crippen molar-refractivity contribution in [3.05, 3.63) is 53.7 Å². The third kappa shape index (κ3) is 3.58. The number of hydrogen-bond acceptors (Lipinski definition) is 3. The summed E-state index contributed by atoms with van der Waals surface area (Å²) >= 11 is 0. The van der Waals surface area contributed by atoms with Crippen molar-refractivity contribution in [2.24, 2.45) is 0 Å². The Hall–Kier alpha value is -1.87. The molecule has 0 spiro atoms. The van der Waals surface area contributed by atoms with Crippen LogP contribution in [0, 0.1) is 0 Å². The summed E-state index contributed by atoms with van der Waals surface area (Å²) in [4.78, 5) is 6.58. The van der Waals surface area contributed by atoms with Crippen LogP contribution in [-0.4, -0.2) is 18.6 Å². The molecule has 20 heavy (non-hydrogen) atoms. The quantitative estimate of drug-likeness (QED) is 0.869. The van der Waals surface area contributed by atoms with Crippen molar-refractivity contribution < 1.29 is 0 Å². The van der Waals surface area contributed by atoms with Gasteiger partial charge in [0.05, 0.1) is 0 Å². The zero-order chi connectivity index (χ0) is 14.4. The van der Waals surface area contributed by atoms with E-state index < -0.39 is 0 Å². The van der Waals surface area contributed by atoms with Crippen LogP contribution in [0.15, 0.2) is 42.6 Å². The van der Waals surface area contributed by atoms with Crippen molar-refractivity contribution in [2.45, 2.75) is 26.8 Å². The number of hydrogen-bond donors (Lipinski definition) is 1. The molecule has 0 saturated heterocycles. The maximum Gasteiger partial charge on any atom is 0.132 e. The summed E-state index contributed by atoms with van der Waals surface area (Å²) < 4.78 is 0. The van der Waals surface area contributed by atoms with Gasteiger partial charge in [-0.15, -0.1) is 0 Å². The fourth-order valence-electron chi connectivity index (χ4n) is 2.11. The number of anilines is 2. The normalized spacial score (nSPS) is 10.6. The largest absolute Gasteiger partial charge is 0.329 e. The second-order valence-corrected chi connectivity index (χ2v) is 4.88. The highest BCUT2D eigenvalue weighted by atomic mass is 15.2. The Morgan fingerprint density at radius 2 is 1.80 bits per heavy atom. The van der Waals surface area contributed by atoms with Gasteiger partial charge in [0, 0.05) is 25.5 Å². The lowest BCUT2D eigenvalue weighted by Gasteiger charge is -2.19. The van der Waals surface area contributed by atoms with Crippen LogP contribution in [-0.2, 0) is 13.0 Å². The molecule has 1 aromatic heterocycles.